The van der Waals surface area contributed by atoms with E-state index in [1.807, 2.05) is 13.0 Å². The molecule has 0 saturated heterocycles. The number of nitrogens with two attached hydrogens (primary N) is 1. The minimum Gasteiger partial charge on any atom is -0.490 e. The lowest BCUT2D eigenvalue weighted by Crippen LogP contribution is -2.19. The van der Waals surface area contributed by atoms with Gasteiger partial charge in [0.05, 0.1) is 6.61 Å². The summed E-state index contributed by atoms with van der Waals surface area (Å²) in [6, 6.07) is 4.90. The quantitative estimate of drug-likeness (QED) is 0.899. The van der Waals surface area contributed by atoms with E-state index in [1.165, 1.54) is 31.7 Å². The predicted octanol–water partition coefficient (Wildman–Crippen LogP) is 3.66. The van der Waals surface area contributed by atoms with Crippen LogP contribution >= 0.6 is 0 Å². The molecule has 3 heteroatoms. The molecule has 4 unspecified atom stereocenters. The number of hydrogen-bond donors (Lipinski definition) is 1. The van der Waals surface area contributed by atoms with Gasteiger partial charge >= 0.3 is 0 Å². The second-order valence-electron chi connectivity index (χ2n) is 6.22. The Morgan fingerprint density at radius 1 is 1.37 bits per heavy atom. The molecule has 0 amide bonds. The lowest BCUT2D eigenvalue weighted by atomic mass is 9.89. The largest absolute Gasteiger partial charge is 0.490 e. The van der Waals surface area contributed by atoms with Gasteiger partial charge in [0.25, 0.3) is 0 Å². The number of halogens is 1. The van der Waals surface area contributed by atoms with E-state index in [-0.39, 0.29) is 11.9 Å². The Morgan fingerprint density at radius 3 is 2.79 bits per heavy atom. The molecule has 19 heavy (non-hydrogen) atoms. The van der Waals surface area contributed by atoms with Crippen LogP contribution in [0.15, 0.2) is 18.2 Å². The number of ether oxygens (including phenoxy) is 1. The zero-order valence-corrected chi connectivity index (χ0v) is 11.4. The van der Waals surface area contributed by atoms with Crippen LogP contribution in [0, 0.1) is 23.6 Å². The highest BCUT2D eigenvalue weighted by Crippen LogP contribution is 2.48. The third-order valence-electron chi connectivity index (χ3n) is 4.82. The van der Waals surface area contributed by atoms with Crippen molar-refractivity contribution in [3.63, 3.8) is 0 Å². The van der Waals surface area contributed by atoms with Crippen molar-refractivity contribution in [1.29, 1.82) is 0 Å². The van der Waals surface area contributed by atoms with Gasteiger partial charge in [0.15, 0.2) is 11.6 Å². The fraction of sp³-hybridized carbons (Fsp3) is 0.625. The standard InChI is InChI=1S/C16H22FNO/c1-10(18)12-4-5-16(15(17)8-12)19-9-14-7-11-2-3-13(14)6-11/h4-5,8,10-11,13-14H,2-3,6-7,9,18H2,1H3. The highest BCUT2D eigenvalue weighted by molar-refractivity contribution is 5.30. The fourth-order valence-electron chi connectivity index (χ4n) is 3.69. The molecule has 1 aromatic rings. The summed E-state index contributed by atoms with van der Waals surface area (Å²) in [4.78, 5) is 0. The van der Waals surface area contributed by atoms with E-state index in [4.69, 9.17) is 10.5 Å². The molecule has 0 radical (unpaired) electrons. The molecule has 2 aliphatic carbocycles. The fourth-order valence-corrected chi connectivity index (χ4v) is 3.69. The molecule has 0 heterocycles. The minimum atomic E-state index is -0.294. The van der Waals surface area contributed by atoms with Gasteiger partial charge in [0.2, 0.25) is 0 Å². The Balaban J connectivity index is 1.61. The Bertz CT molecular complexity index is 460. The van der Waals surface area contributed by atoms with Crippen molar-refractivity contribution in [2.75, 3.05) is 6.61 Å². The van der Waals surface area contributed by atoms with Crippen LogP contribution in [0.3, 0.4) is 0 Å². The molecule has 104 valence electrons. The molecule has 0 aliphatic heterocycles. The summed E-state index contributed by atoms with van der Waals surface area (Å²) in [5, 5.41) is 0. The molecular weight excluding hydrogens is 241 g/mol. The topological polar surface area (TPSA) is 35.2 Å². The second kappa shape index (κ2) is 5.12. The third-order valence-corrected chi connectivity index (χ3v) is 4.82. The SMILES string of the molecule is CC(N)c1ccc(OCC2CC3CCC2C3)c(F)c1. The summed E-state index contributed by atoms with van der Waals surface area (Å²) in [5.41, 5.74) is 6.55. The Labute approximate surface area is 114 Å². The monoisotopic (exact) mass is 263 g/mol. The summed E-state index contributed by atoms with van der Waals surface area (Å²) in [6.45, 7) is 2.51. The van der Waals surface area contributed by atoms with Crippen molar-refractivity contribution in [1.82, 2.24) is 0 Å². The number of benzene rings is 1. The van der Waals surface area contributed by atoms with Gasteiger partial charge in [-0.05, 0) is 61.6 Å². The van der Waals surface area contributed by atoms with Gasteiger partial charge in [0.1, 0.15) is 0 Å². The molecule has 4 atom stereocenters. The van der Waals surface area contributed by atoms with Crippen LogP contribution in [0.5, 0.6) is 5.75 Å². The summed E-state index contributed by atoms with van der Waals surface area (Å²) >= 11 is 0. The zero-order chi connectivity index (χ0) is 13.4. The van der Waals surface area contributed by atoms with Crippen molar-refractivity contribution < 1.29 is 9.13 Å². The summed E-state index contributed by atoms with van der Waals surface area (Å²) in [7, 11) is 0. The molecule has 3 rings (SSSR count). The van der Waals surface area contributed by atoms with Crippen LogP contribution in [0.25, 0.3) is 0 Å². The lowest BCUT2D eigenvalue weighted by molar-refractivity contribution is 0.189. The molecule has 2 N–H and O–H groups in total. The van der Waals surface area contributed by atoms with Crippen LogP contribution < -0.4 is 10.5 Å². The van der Waals surface area contributed by atoms with Crippen LogP contribution in [-0.4, -0.2) is 6.61 Å². The minimum absolute atomic E-state index is 0.144. The van der Waals surface area contributed by atoms with E-state index in [0.29, 0.717) is 18.3 Å². The first-order valence-electron chi connectivity index (χ1n) is 7.31. The first-order chi connectivity index (χ1) is 9.13. The average Bonchev–Trinajstić information content (AvgIpc) is 2.99. The van der Waals surface area contributed by atoms with Gasteiger partial charge in [-0.15, -0.1) is 0 Å². The van der Waals surface area contributed by atoms with E-state index in [1.54, 1.807) is 6.07 Å². The summed E-state index contributed by atoms with van der Waals surface area (Å²) in [6.07, 6.45) is 5.35. The molecule has 2 nitrogen and oxygen atoms in total. The summed E-state index contributed by atoms with van der Waals surface area (Å²) in [5.74, 6) is 2.43. The maximum atomic E-state index is 13.9. The highest BCUT2D eigenvalue weighted by Gasteiger charge is 2.39. The normalized spacial score (nSPS) is 30.6. The van der Waals surface area contributed by atoms with E-state index in [0.717, 1.165) is 17.4 Å². The van der Waals surface area contributed by atoms with E-state index in [9.17, 15) is 4.39 Å². The van der Waals surface area contributed by atoms with Gasteiger partial charge in [-0.2, -0.15) is 0 Å². The number of hydrogen-bond acceptors (Lipinski definition) is 2. The number of fused-ring (bicyclic) bond motifs is 2. The van der Waals surface area contributed by atoms with Crippen LogP contribution in [-0.2, 0) is 0 Å². The van der Waals surface area contributed by atoms with Gasteiger partial charge in [0, 0.05) is 6.04 Å². The van der Waals surface area contributed by atoms with Crippen molar-refractivity contribution in [3.8, 4) is 5.75 Å². The van der Waals surface area contributed by atoms with Crippen LogP contribution in [0.1, 0.15) is 44.2 Å². The molecular formula is C16H22FNO. The number of rotatable bonds is 4. The van der Waals surface area contributed by atoms with E-state index in [2.05, 4.69) is 0 Å². The van der Waals surface area contributed by atoms with Crippen molar-refractivity contribution in [2.45, 2.75) is 38.6 Å². The molecule has 2 fully saturated rings. The molecule has 0 aromatic heterocycles. The van der Waals surface area contributed by atoms with Crippen LogP contribution in [0.2, 0.25) is 0 Å². The van der Waals surface area contributed by atoms with Gasteiger partial charge in [-0.1, -0.05) is 12.5 Å². The Kier molecular flexibility index (Phi) is 3.48. The summed E-state index contributed by atoms with van der Waals surface area (Å²) < 4.78 is 19.6. The van der Waals surface area contributed by atoms with Gasteiger partial charge in [-0.3, -0.25) is 0 Å². The second-order valence-corrected chi connectivity index (χ2v) is 6.22. The Hall–Kier alpha value is -1.09. The van der Waals surface area contributed by atoms with E-state index < -0.39 is 0 Å². The molecule has 2 saturated carbocycles. The first-order valence-corrected chi connectivity index (χ1v) is 7.31. The van der Waals surface area contributed by atoms with Crippen LogP contribution in [0.4, 0.5) is 4.39 Å². The first kappa shape index (κ1) is 12.9. The Morgan fingerprint density at radius 2 is 2.21 bits per heavy atom. The van der Waals surface area contributed by atoms with Gasteiger partial charge in [-0.25, -0.2) is 4.39 Å². The maximum absolute atomic E-state index is 13.9. The van der Waals surface area contributed by atoms with Gasteiger partial charge < -0.3 is 10.5 Å². The van der Waals surface area contributed by atoms with Crippen molar-refractivity contribution in [2.24, 2.45) is 23.5 Å². The molecule has 2 aliphatic rings. The third kappa shape index (κ3) is 2.62. The maximum Gasteiger partial charge on any atom is 0.165 e. The lowest BCUT2D eigenvalue weighted by Gasteiger charge is -2.22. The van der Waals surface area contributed by atoms with Crippen molar-refractivity contribution in [3.05, 3.63) is 29.6 Å². The smallest absolute Gasteiger partial charge is 0.165 e. The average molecular weight is 263 g/mol. The predicted molar refractivity (Wildman–Crippen MR) is 73.4 cm³/mol. The van der Waals surface area contributed by atoms with E-state index >= 15 is 0 Å². The molecule has 0 spiro atoms. The van der Waals surface area contributed by atoms with Crippen molar-refractivity contribution >= 4 is 0 Å². The zero-order valence-electron chi connectivity index (χ0n) is 11.4. The molecule has 2 bridgehead atoms. The highest BCUT2D eigenvalue weighted by atomic mass is 19.1. The molecule has 1 aromatic carbocycles.